The van der Waals surface area contributed by atoms with E-state index in [1.165, 1.54) is 34.9 Å². The van der Waals surface area contributed by atoms with Crippen molar-refractivity contribution in [3.05, 3.63) is 82.9 Å². The number of hydrogen-bond donors (Lipinski definition) is 0. The van der Waals surface area contributed by atoms with Crippen molar-refractivity contribution in [3.8, 4) is 5.75 Å². The van der Waals surface area contributed by atoms with Crippen LogP contribution >= 0.6 is 22.9 Å². The van der Waals surface area contributed by atoms with Gasteiger partial charge in [0.2, 0.25) is 15.9 Å². The van der Waals surface area contributed by atoms with Crippen LogP contribution < -0.4 is 9.64 Å². The highest BCUT2D eigenvalue weighted by Crippen LogP contribution is 2.37. The fourth-order valence-electron chi connectivity index (χ4n) is 4.55. The van der Waals surface area contributed by atoms with E-state index in [1.807, 2.05) is 49.4 Å². The first-order chi connectivity index (χ1) is 17.8. The summed E-state index contributed by atoms with van der Waals surface area (Å²) in [4.78, 5) is 20.6. The summed E-state index contributed by atoms with van der Waals surface area (Å²) >= 11 is 7.80. The molecular weight excluding hydrogens is 530 g/mol. The van der Waals surface area contributed by atoms with Crippen molar-refractivity contribution in [2.24, 2.45) is 0 Å². The Bertz CT molecular complexity index is 1500. The lowest BCUT2D eigenvalue weighted by molar-refractivity contribution is -0.121. The minimum Gasteiger partial charge on any atom is -0.497 e. The Hall–Kier alpha value is -2.98. The number of sulfonamides is 1. The minimum atomic E-state index is -3.89. The lowest BCUT2D eigenvalue weighted by Crippen LogP contribution is -2.47. The third-order valence-corrected chi connectivity index (χ3v) is 9.98. The largest absolute Gasteiger partial charge is 0.497 e. The van der Waals surface area contributed by atoms with Gasteiger partial charge in [-0.3, -0.25) is 9.69 Å². The van der Waals surface area contributed by atoms with Crippen molar-refractivity contribution < 1.29 is 17.9 Å². The molecule has 1 atom stereocenters. The molecule has 1 aromatic heterocycles. The number of fused-ring (bicyclic) bond motifs is 1. The SMILES string of the molecule is COc1ccc(S(=O)(=O)N2CCCC2C(=O)N(Cc2ccccc2)c2nc3c(C)ccc(Cl)c3s2)cc1. The number of benzene rings is 3. The molecule has 7 nitrogen and oxygen atoms in total. The quantitative estimate of drug-likeness (QED) is 0.294. The van der Waals surface area contributed by atoms with E-state index in [4.69, 9.17) is 21.3 Å². The highest BCUT2D eigenvalue weighted by atomic mass is 35.5. The molecule has 0 aliphatic carbocycles. The van der Waals surface area contributed by atoms with Crippen molar-refractivity contribution in [2.75, 3.05) is 18.6 Å². The molecule has 1 saturated heterocycles. The van der Waals surface area contributed by atoms with Gasteiger partial charge in [-0.15, -0.1) is 0 Å². The van der Waals surface area contributed by atoms with Crippen LogP contribution in [0.1, 0.15) is 24.0 Å². The molecule has 1 aliphatic heterocycles. The number of aryl methyl sites for hydroxylation is 1. The van der Waals surface area contributed by atoms with Crippen LogP contribution in [-0.2, 0) is 21.4 Å². The number of methoxy groups -OCH3 is 1. The first-order valence-electron chi connectivity index (χ1n) is 11.9. The Morgan fingerprint density at radius 3 is 2.54 bits per heavy atom. The molecule has 2 heterocycles. The fraction of sp³-hybridized carbons (Fsp3) is 0.259. The average Bonchev–Trinajstić information content (AvgIpc) is 3.59. The molecule has 37 heavy (non-hydrogen) atoms. The van der Waals surface area contributed by atoms with Gasteiger partial charge >= 0.3 is 0 Å². The van der Waals surface area contributed by atoms with Crippen molar-refractivity contribution in [2.45, 2.75) is 37.2 Å². The summed E-state index contributed by atoms with van der Waals surface area (Å²) in [7, 11) is -2.37. The van der Waals surface area contributed by atoms with Gasteiger partial charge in [-0.05, 0) is 61.2 Å². The van der Waals surface area contributed by atoms with Crippen molar-refractivity contribution in [1.82, 2.24) is 9.29 Å². The fourth-order valence-corrected chi connectivity index (χ4v) is 7.52. The van der Waals surface area contributed by atoms with Gasteiger partial charge in [0.15, 0.2) is 5.13 Å². The minimum absolute atomic E-state index is 0.130. The summed E-state index contributed by atoms with van der Waals surface area (Å²) in [6.07, 6.45) is 1.03. The number of ether oxygens (including phenoxy) is 1. The smallest absolute Gasteiger partial charge is 0.247 e. The summed E-state index contributed by atoms with van der Waals surface area (Å²) < 4.78 is 34.4. The first kappa shape index (κ1) is 25.7. The molecule has 1 aliphatic rings. The van der Waals surface area contributed by atoms with Gasteiger partial charge in [0.1, 0.15) is 11.8 Å². The molecule has 1 unspecified atom stereocenters. The number of carbonyl (C=O) groups is 1. The van der Waals surface area contributed by atoms with Crippen LogP contribution in [0.3, 0.4) is 0 Å². The highest BCUT2D eigenvalue weighted by Gasteiger charge is 2.42. The predicted molar refractivity (Wildman–Crippen MR) is 147 cm³/mol. The molecule has 0 saturated carbocycles. The summed E-state index contributed by atoms with van der Waals surface area (Å²) in [5.74, 6) is 0.262. The van der Waals surface area contributed by atoms with Crippen LogP contribution in [0.15, 0.2) is 71.6 Å². The second kappa shape index (κ2) is 10.4. The number of aromatic nitrogens is 1. The first-order valence-corrected chi connectivity index (χ1v) is 14.5. The zero-order valence-corrected chi connectivity index (χ0v) is 22.8. The summed E-state index contributed by atoms with van der Waals surface area (Å²) in [5, 5.41) is 1.06. The average molecular weight is 556 g/mol. The number of anilines is 1. The van der Waals surface area contributed by atoms with Crippen molar-refractivity contribution in [3.63, 3.8) is 0 Å². The number of carbonyl (C=O) groups excluding carboxylic acids is 1. The molecule has 0 N–H and O–H groups in total. The van der Waals surface area contributed by atoms with Gasteiger partial charge in [0.05, 0.1) is 33.8 Å². The standard InChI is InChI=1S/C27H26ClN3O4S2/c1-18-10-15-22(28)25-24(18)29-27(36-25)30(17-19-7-4-3-5-8-19)26(32)23-9-6-16-31(23)37(33,34)21-13-11-20(35-2)12-14-21/h3-5,7-8,10-15,23H,6,9,16-17H2,1-2H3. The summed E-state index contributed by atoms with van der Waals surface area (Å²) in [6.45, 7) is 2.49. The maximum atomic E-state index is 14.1. The van der Waals surface area contributed by atoms with Gasteiger partial charge < -0.3 is 4.74 Å². The zero-order valence-electron chi connectivity index (χ0n) is 20.4. The van der Waals surface area contributed by atoms with Gasteiger partial charge in [-0.1, -0.05) is 59.3 Å². The van der Waals surface area contributed by atoms with Crippen LogP contribution in [0.5, 0.6) is 5.75 Å². The number of amides is 1. The molecule has 192 valence electrons. The van der Waals surface area contributed by atoms with Gasteiger partial charge in [-0.2, -0.15) is 4.31 Å². The Morgan fingerprint density at radius 1 is 1.14 bits per heavy atom. The number of halogens is 1. The van der Waals surface area contributed by atoms with E-state index in [1.54, 1.807) is 17.0 Å². The third-order valence-electron chi connectivity index (χ3n) is 6.52. The Balaban J connectivity index is 1.53. The lowest BCUT2D eigenvalue weighted by atomic mass is 10.1. The van der Waals surface area contributed by atoms with Crippen LogP contribution in [0.2, 0.25) is 5.02 Å². The van der Waals surface area contributed by atoms with Crippen molar-refractivity contribution in [1.29, 1.82) is 0 Å². The number of thiazole rings is 1. The second-order valence-corrected chi connectivity index (χ2v) is 12.2. The molecule has 0 radical (unpaired) electrons. The molecule has 1 amide bonds. The van der Waals surface area contributed by atoms with Crippen LogP contribution in [0.4, 0.5) is 5.13 Å². The molecule has 10 heteroatoms. The maximum Gasteiger partial charge on any atom is 0.247 e. The van der Waals surface area contributed by atoms with Crippen LogP contribution in [0.25, 0.3) is 10.2 Å². The molecule has 4 aromatic rings. The van der Waals surface area contributed by atoms with Gasteiger partial charge in [-0.25, -0.2) is 13.4 Å². The van der Waals surface area contributed by atoms with Crippen LogP contribution in [-0.4, -0.2) is 43.3 Å². The van der Waals surface area contributed by atoms with E-state index in [2.05, 4.69) is 0 Å². The summed E-state index contributed by atoms with van der Waals surface area (Å²) in [6, 6.07) is 18.7. The Kier molecular flexibility index (Phi) is 7.22. The van der Waals surface area contributed by atoms with E-state index in [-0.39, 0.29) is 23.9 Å². The Morgan fingerprint density at radius 2 is 1.86 bits per heavy atom. The Labute approximate surface area is 225 Å². The lowest BCUT2D eigenvalue weighted by Gasteiger charge is -2.28. The van der Waals surface area contributed by atoms with E-state index in [9.17, 15) is 13.2 Å². The molecule has 3 aromatic carbocycles. The topological polar surface area (TPSA) is 79.8 Å². The third kappa shape index (κ3) is 4.96. The maximum absolute atomic E-state index is 14.1. The van der Waals surface area contributed by atoms with Gasteiger partial charge in [0.25, 0.3) is 0 Å². The van der Waals surface area contributed by atoms with E-state index < -0.39 is 16.1 Å². The van der Waals surface area contributed by atoms with E-state index in [0.717, 1.165) is 21.3 Å². The van der Waals surface area contributed by atoms with Crippen molar-refractivity contribution >= 4 is 54.2 Å². The number of rotatable bonds is 7. The molecular formula is C27H26ClN3O4S2. The van der Waals surface area contributed by atoms with E-state index >= 15 is 0 Å². The number of hydrogen-bond acceptors (Lipinski definition) is 6. The molecule has 1 fully saturated rings. The predicted octanol–water partition coefficient (Wildman–Crippen LogP) is 5.65. The highest BCUT2D eigenvalue weighted by molar-refractivity contribution is 7.89. The molecule has 0 spiro atoms. The molecule has 0 bridgehead atoms. The summed E-state index contributed by atoms with van der Waals surface area (Å²) in [5.41, 5.74) is 2.62. The monoisotopic (exact) mass is 555 g/mol. The van der Waals surface area contributed by atoms with E-state index in [0.29, 0.717) is 28.7 Å². The number of nitrogens with zero attached hydrogens (tertiary/aromatic N) is 3. The van der Waals surface area contributed by atoms with Crippen LogP contribution in [0, 0.1) is 6.92 Å². The molecule has 5 rings (SSSR count). The second-order valence-electron chi connectivity index (χ2n) is 8.90. The zero-order chi connectivity index (χ0) is 26.2. The normalized spacial score (nSPS) is 16.2. The van der Waals surface area contributed by atoms with Gasteiger partial charge in [0, 0.05) is 6.54 Å².